The van der Waals surface area contributed by atoms with Crippen molar-refractivity contribution in [2.24, 2.45) is 0 Å². The van der Waals surface area contributed by atoms with E-state index in [-0.39, 0.29) is 5.91 Å². The highest BCUT2D eigenvalue weighted by molar-refractivity contribution is 5.90. The van der Waals surface area contributed by atoms with Gasteiger partial charge in [-0.05, 0) is 30.7 Å². The first-order valence-corrected chi connectivity index (χ1v) is 6.93. The molecular weight excluding hydrogens is 240 g/mol. The minimum atomic E-state index is -0.00305. The van der Waals surface area contributed by atoms with Gasteiger partial charge < -0.3 is 15.4 Å². The van der Waals surface area contributed by atoms with Gasteiger partial charge in [0, 0.05) is 18.8 Å². The molecule has 0 atom stereocenters. The minimum absolute atomic E-state index is 0.00305. The Labute approximate surface area is 115 Å². The molecule has 0 saturated carbocycles. The van der Waals surface area contributed by atoms with E-state index in [2.05, 4.69) is 24.5 Å². The normalized spacial score (nSPS) is 10.4. The van der Waals surface area contributed by atoms with Crippen molar-refractivity contribution in [2.45, 2.75) is 33.2 Å². The topological polar surface area (TPSA) is 50.4 Å². The van der Waals surface area contributed by atoms with E-state index >= 15 is 0 Å². The monoisotopic (exact) mass is 264 g/mol. The second-order valence-corrected chi connectivity index (χ2v) is 4.39. The molecule has 1 rings (SSSR count). The lowest BCUT2D eigenvalue weighted by Crippen LogP contribution is -2.15. The van der Waals surface area contributed by atoms with E-state index in [4.69, 9.17) is 4.74 Å². The molecule has 106 valence electrons. The number of amides is 1. The van der Waals surface area contributed by atoms with E-state index in [0.29, 0.717) is 19.6 Å². The van der Waals surface area contributed by atoms with Crippen LogP contribution in [0.3, 0.4) is 0 Å². The maximum Gasteiger partial charge on any atom is 0.226 e. The van der Waals surface area contributed by atoms with Gasteiger partial charge in [0.1, 0.15) is 0 Å². The number of carbonyl (C=O) groups excluding carboxylic acids is 1. The van der Waals surface area contributed by atoms with Crippen LogP contribution in [0.4, 0.5) is 5.69 Å². The van der Waals surface area contributed by atoms with Crippen molar-refractivity contribution in [1.82, 2.24) is 5.32 Å². The Bertz CT molecular complexity index is 380. The molecule has 1 aromatic carbocycles. The molecule has 4 nitrogen and oxygen atoms in total. The maximum absolute atomic E-state index is 11.7. The number of rotatable bonds is 9. The zero-order chi connectivity index (χ0) is 13.9. The number of hydrogen-bond acceptors (Lipinski definition) is 3. The van der Waals surface area contributed by atoms with Crippen LogP contribution >= 0.6 is 0 Å². The smallest absolute Gasteiger partial charge is 0.226 e. The average Bonchev–Trinajstić information content (AvgIpc) is 2.42. The highest BCUT2D eigenvalue weighted by atomic mass is 16.5. The highest BCUT2D eigenvalue weighted by Gasteiger charge is 2.03. The van der Waals surface area contributed by atoms with Crippen LogP contribution in [-0.2, 0) is 16.1 Å². The fraction of sp³-hybridized carbons (Fsp3) is 0.533. The number of hydrogen-bond donors (Lipinski definition) is 2. The number of carbonyl (C=O) groups is 1. The van der Waals surface area contributed by atoms with Gasteiger partial charge in [0.2, 0.25) is 5.91 Å². The molecule has 0 aliphatic rings. The average molecular weight is 264 g/mol. The number of benzene rings is 1. The van der Waals surface area contributed by atoms with Crippen LogP contribution in [0, 0.1) is 0 Å². The summed E-state index contributed by atoms with van der Waals surface area (Å²) < 4.78 is 5.30. The van der Waals surface area contributed by atoms with Gasteiger partial charge in [0.15, 0.2) is 0 Å². The Hall–Kier alpha value is -1.39. The first-order chi connectivity index (χ1) is 9.26. The summed E-state index contributed by atoms with van der Waals surface area (Å²) in [5.74, 6) is -0.00305. The molecule has 0 bridgehead atoms. The maximum atomic E-state index is 11.7. The van der Waals surface area contributed by atoms with Crippen molar-refractivity contribution >= 4 is 11.6 Å². The molecule has 0 aromatic heterocycles. The minimum Gasteiger partial charge on any atom is -0.381 e. The number of anilines is 1. The van der Waals surface area contributed by atoms with Gasteiger partial charge >= 0.3 is 0 Å². The fourth-order valence-corrected chi connectivity index (χ4v) is 1.66. The zero-order valence-corrected chi connectivity index (χ0v) is 11.9. The van der Waals surface area contributed by atoms with Crippen LogP contribution in [0.1, 0.15) is 32.3 Å². The third-order valence-electron chi connectivity index (χ3n) is 2.61. The van der Waals surface area contributed by atoms with Crippen molar-refractivity contribution in [3.8, 4) is 0 Å². The Morgan fingerprint density at radius 1 is 1.26 bits per heavy atom. The van der Waals surface area contributed by atoms with E-state index in [1.165, 1.54) is 5.56 Å². The van der Waals surface area contributed by atoms with Gasteiger partial charge in [-0.1, -0.05) is 26.0 Å². The second kappa shape index (κ2) is 9.53. The molecule has 0 aliphatic carbocycles. The molecule has 0 aliphatic heterocycles. The standard InChI is InChI=1S/C15H24N2O2/c1-3-9-19-10-8-15(18)17-14-7-5-6-13(11-14)12-16-4-2/h5-7,11,16H,3-4,8-10,12H2,1-2H3,(H,17,18). The van der Waals surface area contributed by atoms with Crippen LogP contribution in [0.15, 0.2) is 24.3 Å². The lowest BCUT2D eigenvalue weighted by Gasteiger charge is -2.08. The predicted molar refractivity (Wildman–Crippen MR) is 78.2 cm³/mol. The molecule has 1 amide bonds. The summed E-state index contributed by atoms with van der Waals surface area (Å²) in [6.45, 7) is 7.07. The number of ether oxygens (including phenoxy) is 1. The van der Waals surface area contributed by atoms with Crippen LogP contribution in [-0.4, -0.2) is 25.7 Å². The summed E-state index contributed by atoms with van der Waals surface area (Å²) in [4.78, 5) is 11.7. The van der Waals surface area contributed by atoms with Gasteiger partial charge in [0.25, 0.3) is 0 Å². The van der Waals surface area contributed by atoms with E-state index in [0.717, 1.165) is 25.2 Å². The second-order valence-electron chi connectivity index (χ2n) is 4.39. The van der Waals surface area contributed by atoms with Gasteiger partial charge in [-0.3, -0.25) is 4.79 Å². The molecule has 0 spiro atoms. The molecule has 0 fully saturated rings. The van der Waals surface area contributed by atoms with Gasteiger partial charge in [-0.15, -0.1) is 0 Å². The fourth-order valence-electron chi connectivity index (χ4n) is 1.66. The van der Waals surface area contributed by atoms with Crippen LogP contribution < -0.4 is 10.6 Å². The summed E-state index contributed by atoms with van der Waals surface area (Å²) in [6.07, 6.45) is 1.38. The Kier molecular flexibility index (Phi) is 7.86. The summed E-state index contributed by atoms with van der Waals surface area (Å²) in [6, 6.07) is 7.90. The largest absolute Gasteiger partial charge is 0.381 e. The first-order valence-electron chi connectivity index (χ1n) is 6.93. The molecule has 0 saturated heterocycles. The predicted octanol–water partition coefficient (Wildman–Crippen LogP) is 2.55. The zero-order valence-electron chi connectivity index (χ0n) is 11.9. The lowest BCUT2D eigenvalue weighted by atomic mass is 10.2. The summed E-state index contributed by atoms with van der Waals surface area (Å²) >= 11 is 0. The quantitative estimate of drug-likeness (QED) is 0.674. The molecule has 0 unspecified atom stereocenters. The van der Waals surface area contributed by atoms with Gasteiger partial charge in [0.05, 0.1) is 13.0 Å². The molecule has 0 heterocycles. The van der Waals surface area contributed by atoms with Crippen molar-refractivity contribution < 1.29 is 9.53 Å². The van der Waals surface area contributed by atoms with Crippen molar-refractivity contribution in [3.63, 3.8) is 0 Å². The number of nitrogens with one attached hydrogen (secondary N) is 2. The van der Waals surface area contributed by atoms with Crippen molar-refractivity contribution in [2.75, 3.05) is 25.1 Å². The third-order valence-corrected chi connectivity index (χ3v) is 2.61. The van der Waals surface area contributed by atoms with Gasteiger partial charge in [-0.25, -0.2) is 0 Å². The van der Waals surface area contributed by atoms with Crippen LogP contribution in [0.2, 0.25) is 0 Å². The van der Waals surface area contributed by atoms with E-state index in [1.807, 2.05) is 24.3 Å². The summed E-state index contributed by atoms with van der Waals surface area (Å²) in [7, 11) is 0. The summed E-state index contributed by atoms with van der Waals surface area (Å²) in [5, 5.41) is 6.15. The van der Waals surface area contributed by atoms with E-state index < -0.39 is 0 Å². The summed E-state index contributed by atoms with van der Waals surface area (Å²) in [5.41, 5.74) is 2.01. The van der Waals surface area contributed by atoms with Crippen molar-refractivity contribution in [3.05, 3.63) is 29.8 Å². The van der Waals surface area contributed by atoms with E-state index in [1.54, 1.807) is 0 Å². The third kappa shape index (κ3) is 6.94. The molecule has 0 radical (unpaired) electrons. The Morgan fingerprint density at radius 2 is 2.11 bits per heavy atom. The molecule has 1 aromatic rings. The van der Waals surface area contributed by atoms with E-state index in [9.17, 15) is 4.79 Å². The van der Waals surface area contributed by atoms with Crippen LogP contribution in [0.5, 0.6) is 0 Å². The molecular formula is C15H24N2O2. The first kappa shape index (κ1) is 15.7. The Morgan fingerprint density at radius 3 is 2.84 bits per heavy atom. The SMILES string of the molecule is CCCOCCC(=O)Nc1cccc(CNCC)c1. The van der Waals surface area contributed by atoms with Crippen molar-refractivity contribution in [1.29, 1.82) is 0 Å². The molecule has 4 heteroatoms. The molecule has 2 N–H and O–H groups in total. The van der Waals surface area contributed by atoms with Crippen LogP contribution in [0.25, 0.3) is 0 Å². The Balaban J connectivity index is 2.36. The highest BCUT2D eigenvalue weighted by Crippen LogP contribution is 2.10. The molecule has 19 heavy (non-hydrogen) atoms. The lowest BCUT2D eigenvalue weighted by molar-refractivity contribution is -0.117. The van der Waals surface area contributed by atoms with Gasteiger partial charge in [-0.2, -0.15) is 0 Å².